The van der Waals surface area contributed by atoms with E-state index in [1.54, 1.807) is 6.92 Å². The van der Waals surface area contributed by atoms with E-state index in [0.717, 1.165) is 12.1 Å². The van der Waals surface area contributed by atoms with Gasteiger partial charge in [-0.3, -0.25) is 11.3 Å². The average Bonchev–Trinajstić information content (AvgIpc) is 2.24. The van der Waals surface area contributed by atoms with Crippen LogP contribution < -0.4 is 11.3 Å². The Morgan fingerprint density at radius 2 is 2.00 bits per heavy atom. The van der Waals surface area contributed by atoms with Gasteiger partial charge in [-0.1, -0.05) is 6.07 Å². The van der Waals surface area contributed by atoms with Gasteiger partial charge in [0.2, 0.25) is 0 Å². The maximum atomic E-state index is 13.0. The molecule has 0 aliphatic rings. The Balaban J connectivity index is 2.97. The van der Waals surface area contributed by atoms with Crippen molar-refractivity contribution in [3.8, 4) is 0 Å². The van der Waals surface area contributed by atoms with E-state index in [-0.39, 0.29) is 12.1 Å². The normalized spacial score (nSPS) is 15.0. The van der Waals surface area contributed by atoms with Gasteiger partial charge in [-0.25, -0.2) is 8.78 Å². The van der Waals surface area contributed by atoms with Gasteiger partial charge in [-0.2, -0.15) is 0 Å². The van der Waals surface area contributed by atoms with Crippen LogP contribution in [0.15, 0.2) is 18.2 Å². The Labute approximate surface area is 87.2 Å². The predicted octanol–water partition coefficient (Wildman–Crippen LogP) is 1.50. The molecule has 0 radical (unpaired) electrons. The van der Waals surface area contributed by atoms with Crippen LogP contribution in [0.1, 0.15) is 18.5 Å². The molecule has 0 aliphatic heterocycles. The Bertz CT molecular complexity index is 333. The monoisotopic (exact) mass is 216 g/mol. The van der Waals surface area contributed by atoms with Crippen LogP contribution in [-0.4, -0.2) is 13.2 Å². The molecule has 1 aromatic carbocycles. The van der Waals surface area contributed by atoms with E-state index in [1.807, 2.05) is 0 Å². The molecule has 0 amide bonds. The summed E-state index contributed by atoms with van der Waals surface area (Å²) in [4.78, 5) is 0. The van der Waals surface area contributed by atoms with Crippen molar-refractivity contribution in [3.05, 3.63) is 35.4 Å². The summed E-state index contributed by atoms with van der Waals surface area (Å²) >= 11 is 0. The Kier molecular flexibility index (Phi) is 4.14. The first-order chi connectivity index (χ1) is 7.10. The van der Waals surface area contributed by atoms with Gasteiger partial charge in [0.15, 0.2) is 11.6 Å². The lowest BCUT2D eigenvalue weighted by molar-refractivity contribution is 0.0829. The van der Waals surface area contributed by atoms with Crippen molar-refractivity contribution in [1.29, 1.82) is 0 Å². The first kappa shape index (κ1) is 12.0. The molecule has 5 heteroatoms. The lowest BCUT2D eigenvalue weighted by Crippen LogP contribution is -2.36. The molecule has 0 aromatic heterocycles. The molecule has 3 N–H and O–H groups in total. The number of hydrazine groups is 1. The Morgan fingerprint density at radius 1 is 1.33 bits per heavy atom. The number of ether oxygens (including phenoxy) is 1. The molecule has 0 heterocycles. The summed E-state index contributed by atoms with van der Waals surface area (Å²) in [5.74, 6) is 3.56. The molecule has 0 saturated heterocycles. The second-order valence-electron chi connectivity index (χ2n) is 3.26. The first-order valence-electron chi connectivity index (χ1n) is 4.54. The fourth-order valence-electron chi connectivity index (χ4n) is 1.34. The number of benzene rings is 1. The van der Waals surface area contributed by atoms with Crippen molar-refractivity contribution < 1.29 is 13.5 Å². The van der Waals surface area contributed by atoms with Crippen molar-refractivity contribution in [2.45, 2.75) is 19.1 Å². The molecule has 0 saturated carbocycles. The summed E-state index contributed by atoms with van der Waals surface area (Å²) in [7, 11) is 1.52. The maximum Gasteiger partial charge on any atom is 0.159 e. The highest BCUT2D eigenvalue weighted by atomic mass is 19.2. The second-order valence-corrected chi connectivity index (χ2v) is 3.26. The predicted molar refractivity (Wildman–Crippen MR) is 52.9 cm³/mol. The Morgan fingerprint density at radius 3 is 2.47 bits per heavy atom. The standard InChI is InChI=1S/C10H14F2N2O/c1-6(15-2)10(14-13)7-3-4-8(11)9(12)5-7/h3-6,10,14H,13H2,1-2H3. The quantitative estimate of drug-likeness (QED) is 0.592. The van der Waals surface area contributed by atoms with Crippen molar-refractivity contribution in [1.82, 2.24) is 5.43 Å². The SMILES string of the molecule is COC(C)C(NN)c1ccc(F)c(F)c1. The van der Waals surface area contributed by atoms with Crippen molar-refractivity contribution in [2.24, 2.45) is 5.84 Å². The van der Waals surface area contributed by atoms with E-state index in [4.69, 9.17) is 10.6 Å². The highest BCUT2D eigenvalue weighted by molar-refractivity contribution is 5.22. The first-order valence-corrected chi connectivity index (χ1v) is 4.54. The molecular weight excluding hydrogens is 202 g/mol. The zero-order valence-electron chi connectivity index (χ0n) is 8.63. The minimum absolute atomic E-state index is 0.236. The minimum atomic E-state index is -0.893. The van der Waals surface area contributed by atoms with Crippen molar-refractivity contribution in [3.63, 3.8) is 0 Å². The summed E-state index contributed by atoms with van der Waals surface area (Å²) in [6.07, 6.45) is -0.236. The highest BCUT2D eigenvalue weighted by Crippen LogP contribution is 2.20. The van der Waals surface area contributed by atoms with E-state index in [9.17, 15) is 8.78 Å². The fraction of sp³-hybridized carbons (Fsp3) is 0.400. The molecule has 3 nitrogen and oxygen atoms in total. The van der Waals surface area contributed by atoms with Gasteiger partial charge in [0, 0.05) is 7.11 Å². The van der Waals surface area contributed by atoms with Gasteiger partial charge in [-0.15, -0.1) is 0 Å². The van der Waals surface area contributed by atoms with Gasteiger partial charge < -0.3 is 4.74 Å². The third-order valence-corrected chi connectivity index (χ3v) is 2.32. The number of halogens is 2. The van der Waals surface area contributed by atoms with Crippen LogP contribution >= 0.6 is 0 Å². The van der Waals surface area contributed by atoms with Crippen LogP contribution in [0.3, 0.4) is 0 Å². The summed E-state index contributed by atoms with van der Waals surface area (Å²) in [5, 5.41) is 0. The number of rotatable bonds is 4. The van der Waals surface area contributed by atoms with Gasteiger partial charge in [0.25, 0.3) is 0 Å². The van der Waals surface area contributed by atoms with Gasteiger partial charge in [-0.05, 0) is 24.6 Å². The minimum Gasteiger partial charge on any atom is -0.380 e. The van der Waals surface area contributed by atoms with Crippen LogP contribution in [-0.2, 0) is 4.74 Å². The van der Waals surface area contributed by atoms with Crippen LogP contribution in [0, 0.1) is 11.6 Å². The molecule has 0 fully saturated rings. The Hall–Kier alpha value is -1.04. The van der Waals surface area contributed by atoms with E-state index >= 15 is 0 Å². The molecule has 0 aliphatic carbocycles. The number of methoxy groups -OCH3 is 1. The lowest BCUT2D eigenvalue weighted by atomic mass is 10.0. The van der Waals surface area contributed by atoms with Crippen molar-refractivity contribution >= 4 is 0 Å². The summed E-state index contributed by atoms with van der Waals surface area (Å²) in [6.45, 7) is 1.78. The maximum absolute atomic E-state index is 13.0. The van der Waals surface area contributed by atoms with Gasteiger partial charge in [0.1, 0.15) is 0 Å². The third-order valence-electron chi connectivity index (χ3n) is 2.32. The average molecular weight is 216 g/mol. The lowest BCUT2D eigenvalue weighted by Gasteiger charge is -2.22. The molecule has 1 rings (SSSR count). The molecule has 84 valence electrons. The molecule has 2 unspecified atom stereocenters. The zero-order valence-corrected chi connectivity index (χ0v) is 8.63. The van der Waals surface area contributed by atoms with Crippen LogP contribution in [0.25, 0.3) is 0 Å². The van der Waals surface area contributed by atoms with Crippen LogP contribution in [0.4, 0.5) is 8.78 Å². The summed E-state index contributed by atoms with van der Waals surface area (Å²) in [6, 6.07) is 3.27. The summed E-state index contributed by atoms with van der Waals surface area (Å²) in [5.41, 5.74) is 3.05. The molecule has 1 aromatic rings. The molecular formula is C10H14F2N2O. The van der Waals surface area contributed by atoms with Crippen LogP contribution in [0.2, 0.25) is 0 Å². The van der Waals surface area contributed by atoms with E-state index in [1.165, 1.54) is 13.2 Å². The van der Waals surface area contributed by atoms with E-state index in [2.05, 4.69) is 5.43 Å². The number of hydrogen-bond donors (Lipinski definition) is 2. The highest BCUT2D eigenvalue weighted by Gasteiger charge is 2.18. The van der Waals surface area contributed by atoms with Crippen molar-refractivity contribution in [2.75, 3.05) is 7.11 Å². The molecule has 0 spiro atoms. The molecule has 2 atom stereocenters. The largest absolute Gasteiger partial charge is 0.380 e. The third kappa shape index (κ3) is 2.71. The van der Waals surface area contributed by atoms with Crippen LogP contribution in [0.5, 0.6) is 0 Å². The van der Waals surface area contributed by atoms with Gasteiger partial charge >= 0.3 is 0 Å². The zero-order chi connectivity index (χ0) is 11.4. The van der Waals surface area contributed by atoms with E-state index < -0.39 is 11.6 Å². The number of nitrogens with two attached hydrogens (primary N) is 1. The topological polar surface area (TPSA) is 47.3 Å². The smallest absolute Gasteiger partial charge is 0.159 e. The summed E-state index contributed by atoms with van der Waals surface area (Å²) < 4.78 is 30.7. The van der Waals surface area contributed by atoms with E-state index in [0.29, 0.717) is 5.56 Å². The second kappa shape index (κ2) is 5.16. The molecule has 15 heavy (non-hydrogen) atoms. The molecule has 0 bridgehead atoms. The van der Waals surface area contributed by atoms with Gasteiger partial charge in [0.05, 0.1) is 12.1 Å². The number of nitrogens with one attached hydrogen (secondary N) is 1. The number of hydrogen-bond acceptors (Lipinski definition) is 3. The fourth-order valence-corrected chi connectivity index (χ4v) is 1.34.